The molecule has 33 heavy (non-hydrogen) atoms. The van der Waals surface area contributed by atoms with Crippen LogP contribution in [0.2, 0.25) is 0 Å². The van der Waals surface area contributed by atoms with E-state index in [0.717, 1.165) is 42.5 Å². The van der Waals surface area contributed by atoms with Crippen molar-refractivity contribution in [3.8, 4) is 22.9 Å². The molecular formula is C24H25FN6O2. The van der Waals surface area contributed by atoms with Gasteiger partial charge in [0, 0.05) is 50.1 Å². The Hall–Kier alpha value is -3.88. The Labute approximate surface area is 191 Å². The molecule has 1 aliphatic heterocycles. The zero-order valence-corrected chi connectivity index (χ0v) is 18.8. The third-order valence-corrected chi connectivity index (χ3v) is 6.14. The van der Waals surface area contributed by atoms with Crippen LogP contribution in [0.5, 0.6) is 11.5 Å². The standard InChI is InChI=1S/C24H25FN6O2/c1-29(16-10-11-30(15-16)17-12-18(32-2)14-19(13-17)33-3)23-9-8-22-26-27-24(31(22)28-23)20-6-4-5-7-21(20)25/h4-9,12-14,16H,10-11,15H2,1-3H3. The van der Waals surface area contributed by atoms with Gasteiger partial charge in [0.05, 0.1) is 19.8 Å². The van der Waals surface area contributed by atoms with Gasteiger partial charge in [0.1, 0.15) is 23.1 Å². The number of aromatic nitrogens is 4. The SMILES string of the molecule is COc1cc(OC)cc(N2CCC(N(C)c3ccc4nnc(-c5ccccc5F)n4n3)C2)c1. The summed E-state index contributed by atoms with van der Waals surface area (Å²) in [6, 6.07) is 16.5. The van der Waals surface area contributed by atoms with Crippen molar-refractivity contribution in [2.45, 2.75) is 12.5 Å². The van der Waals surface area contributed by atoms with Crippen LogP contribution in [0.15, 0.2) is 54.6 Å². The van der Waals surface area contributed by atoms with Crippen molar-refractivity contribution >= 4 is 17.2 Å². The van der Waals surface area contributed by atoms with E-state index in [0.29, 0.717) is 17.0 Å². The summed E-state index contributed by atoms with van der Waals surface area (Å²) in [5, 5.41) is 13.1. The monoisotopic (exact) mass is 448 g/mol. The maximum atomic E-state index is 14.4. The average molecular weight is 449 g/mol. The number of rotatable bonds is 6. The zero-order valence-electron chi connectivity index (χ0n) is 18.8. The molecule has 0 bridgehead atoms. The highest BCUT2D eigenvalue weighted by atomic mass is 19.1. The molecule has 3 heterocycles. The van der Waals surface area contributed by atoms with Crippen LogP contribution >= 0.6 is 0 Å². The summed E-state index contributed by atoms with van der Waals surface area (Å²) in [4.78, 5) is 4.47. The van der Waals surface area contributed by atoms with E-state index in [1.54, 1.807) is 36.9 Å². The Bertz CT molecular complexity index is 1270. The molecule has 1 atom stereocenters. The first-order chi connectivity index (χ1) is 16.1. The quantitative estimate of drug-likeness (QED) is 0.446. The van der Waals surface area contributed by atoms with Crippen molar-refractivity contribution in [3.05, 3.63) is 60.4 Å². The minimum Gasteiger partial charge on any atom is -0.497 e. The third-order valence-electron chi connectivity index (χ3n) is 6.14. The summed E-state index contributed by atoms with van der Waals surface area (Å²) in [6.07, 6.45) is 0.970. The molecule has 2 aromatic heterocycles. The Morgan fingerprint density at radius 2 is 1.76 bits per heavy atom. The number of fused-ring (bicyclic) bond motifs is 1. The topological polar surface area (TPSA) is 68.0 Å². The summed E-state index contributed by atoms with van der Waals surface area (Å²) < 4.78 is 26.8. The molecule has 0 saturated carbocycles. The lowest BCUT2D eigenvalue weighted by atomic mass is 10.2. The van der Waals surface area contributed by atoms with Crippen LogP contribution in [-0.2, 0) is 0 Å². The number of nitrogens with zero attached hydrogens (tertiary/aromatic N) is 6. The van der Waals surface area contributed by atoms with E-state index in [1.165, 1.54) is 6.07 Å². The number of hydrogen-bond acceptors (Lipinski definition) is 7. The van der Waals surface area contributed by atoms with E-state index in [1.807, 2.05) is 37.4 Å². The first-order valence-corrected chi connectivity index (χ1v) is 10.8. The summed E-state index contributed by atoms with van der Waals surface area (Å²) in [6.45, 7) is 1.73. The van der Waals surface area contributed by atoms with E-state index in [2.05, 4.69) is 20.0 Å². The Morgan fingerprint density at radius 3 is 2.48 bits per heavy atom. The minimum atomic E-state index is -0.354. The molecule has 2 aromatic carbocycles. The molecule has 0 radical (unpaired) electrons. The second-order valence-corrected chi connectivity index (χ2v) is 8.04. The first-order valence-electron chi connectivity index (χ1n) is 10.8. The lowest BCUT2D eigenvalue weighted by molar-refractivity contribution is 0.394. The van der Waals surface area contributed by atoms with E-state index in [9.17, 15) is 4.39 Å². The molecule has 0 amide bonds. The van der Waals surface area contributed by atoms with Gasteiger partial charge in [-0.05, 0) is 30.7 Å². The second-order valence-electron chi connectivity index (χ2n) is 8.04. The normalized spacial score (nSPS) is 15.8. The first kappa shape index (κ1) is 21.0. The molecule has 0 spiro atoms. The van der Waals surface area contributed by atoms with Crippen molar-refractivity contribution in [1.82, 2.24) is 19.8 Å². The van der Waals surface area contributed by atoms with Gasteiger partial charge in [0.15, 0.2) is 11.5 Å². The second kappa shape index (κ2) is 8.57. The van der Waals surface area contributed by atoms with E-state index in [-0.39, 0.29) is 11.9 Å². The van der Waals surface area contributed by atoms with E-state index in [4.69, 9.17) is 14.6 Å². The van der Waals surface area contributed by atoms with Gasteiger partial charge in [-0.2, -0.15) is 4.52 Å². The van der Waals surface area contributed by atoms with Crippen LogP contribution < -0.4 is 19.3 Å². The lowest BCUT2D eigenvalue weighted by Gasteiger charge is -2.26. The molecule has 9 heteroatoms. The molecule has 170 valence electrons. The molecule has 5 rings (SSSR count). The van der Waals surface area contributed by atoms with Gasteiger partial charge in [-0.1, -0.05) is 12.1 Å². The van der Waals surface area contributed by atoms with Gasteiger partial charge in [0.25, 0.3) is 0 Å². The summed E-state index contributed by atoms with van der Waals surface area (Å²) in [5.41, 5.74) is 2.00. The smallest absolute Gasteiger partial charge is 0.188 e. The maximum absolute atomic E-state index is 14.4. The Balaban J connectivity index is 1.40. The van der Waals surface area contributed by atoms with Gasteiger partial charge in [-0.25, -0.2) is 4.39 Å². The van der Waals surface area contributed by atoms with Gasteiger partial charge >= 0.3 is 0 Å². The number of likely N-dealkylation sites (N-methyl/N-ethyl adjacent to an activating group) is 1. The predicted octanol–water partition coefficient (Wildman–Crippen LogP) is 3.66. The van der Waals surface area contributed by atoms with Gasteiger partial charge < -0.3 is 19.3 Å². The number of halogens is 1. The molecule has 1 fully saturated rings. The number of methoxy groups -OCH3 is 2. The fraction of sp³-hybridized carbons (Fsp3) is 0.292. The lowest BCUT2D eigenvalue weighted by Crippen LogP contribution is -2.35. The van der Waals surface area contributed by atoms with Crippen molar-refractivity contribution in [2.75, 3.05) is 44.2 Å². The Kier molecular flexibility index (Phi) is 5.45. The predicted molar refractivity (Wildman–Crippen MR) is 125 cm³/mol. The molecule has 4 aromatic rings. The van der Waals surface area contributed by atoms with Crippen molar-refractivity contribution < 1.29 is 13.9 Å². The van der Waals surface area contributed by atoms with Crippen molar-refractivity contribution in [3.63, 3.8) is 0 Å². The van der Waals surface area contributed by atoms with Gasteiger partial charge in [-0.3, -0.25) is 0 Å². The fourth-order valence-electron chi connectivity index (χ4n) is 4.23. The molecule has 1 unspecified atom stereocenters. The molecule has 8 nitrogen and oxygen atoms in total. The van der Waals surface area contributed by atoms with Gasteiger partial charge in [-0.15, -0.1) is 15.3 Å². The fourth-order valence-corrected chi connectivity index (χ4v) is 4.23. The minimum absolute atomic E-state index is 0.250. The molecular weight excluding hydrogens is 423 g/mol. The molecule has 1 aliphatic rings. The van der Waals surface area contributed by atoms with Crippen LogP contribution in [0.4, 0.5) is 15.9 Å². The number of anilines is 2. The van der Waals surface area contributed by atoms with E-state index < -0.39 is 0 Å². The highest BCUT2D eigenvalue weighted by molar-refractivity contribution is 5.61. The highest BCUT2D eigenvalue weighted by Crippen LogP contribution is 2.32. The van der Waals surface area contributed by atoms with Crippen LogP contribution in [0.3, 0.4) is 0 Å². The van der Waals surface area contributed by atoms with Crippen molar-refractivity contribution in [2.24, 2.45) is 0 Å². The summed E-state index contributed by atoms with van der Waals surface area (Å²) in [7, 11) is 5.34. The average Bonchev–Trinajstić information content (AvgIpc) is 3.51. The van der Waals surface area contributed by atoms with Gasteiger partial charge in [0.2, 0.25) is 0 Å². The molecule has 0 aliphatic carbocycles. The molecule has 1 saturated heterocycles. The third kappa shape index (κ3) is 3.90. The number of hydrogen-bond donors (Lipinski definition) is 0. The zero-order chi connectivity index (χ0) is 22.9. The van der Waals surface area contributed by atoms with E-state index >= 15 is 0 Å². The van der Waals surface area contributed by atoms with Crippen LogP contribution in [0.25, 0.3) is 17.0 Å². The Morgan fingerprint density at radius 1 is 1.00 bits per heavy atom. The number of ether oxygens (including phenoxy) is 2. The van der Waals surface area contributed by atoms with Crippen LogP contribution in [0.1, 0.15) is 6.42 Å². The van der Waals surface area contributed by atoms with Crippen LogP contribution in [-0.4, -0.2) is 60.2 Å². The largest absolute Gasteiger partial charge is 0.497 e. The summed E-state index contributed by atoms with van der Waals surface area (Å²) >= 11 is 0. The number of benzene rings is 2. The maximum Gasteiger partial charge on any atom is 0.188 e. The van der Waals surface area contributed by atoms with Crippen LogP contribution in [0, 0.1) is 5.82 Å². The highest BCUT2D eigenvalue weighted by Gasteiger charge is 2.28. The van der Waals surface area contributed by atoms with Crippen molar-refractivity contribution in [1.29, 1.82) is 0 Å². The molecule has 0 N–H and O–H groups in total. The summed E-state index contributed by atoms with van der Waals surface area (Å²) in [5.74, 6) is 2.33.